The average molecular weight is 442 g/mol. The molecule has 0 atom stereocenters. The predicted octanol–water partition coefficient (Wildman–Crippen LogP) is -0.465. The first-order valence-corrected chi connectivity index (χ1v) is 10.0. The first-order valence-electron chi connectivity index (χ1n) is 10.0. The number of methoxy groups -OCH3 is 2. The third-order valence-electron chi connectivity index (χ3n) is 5.75. The maximum absolute atomic E-state index is 12.3. The summed E-state index contributed by atoms with van der Waals surface area (Å²) in [5.74, 6) is 2.36. The van der Waals surface area contributed by atoms with Crippen LogP contribution in [0.1, 0.15) is 0 Å². The third kappa shape index (κ3) is 3.33. The molecule has 1 fully saturated rings. The van der Waals surface area contributed by atoms with Crippen molar-refractivity contribution >= 4 is 34.2 Å². The van der Waals surface area contributed by atoms with Gasteiger partial charge in [0.1, 0.15) is 17.3 Å². The van der Waals surface area contributed by atoms with E-state index in [0.717, 1.165) is 4.57 Å². The van der Waals surface area contributed by atoms with Crippen molar-refractivity contribution in [2.75, 3.05) is 61.7 Å². The summed E-state index contributed by atoms with van der Waals surface area (Å²) in [6.07, 6.45) is 0. The van der Waals surface area contributed by atoms with Crippen LogP contribution in [0.3, 0.4) is 0 Å². The fourth-order valence-corrected chi connectivity index (χ4v) is 3.97. The van der Waals surface area contributed by atoms with E-state index in [1.54, 1.807) is 33.4 Å². The molecule has 0 bridgehead atoms. The Hall–Kier alpha value is -3.96. The highest BCUT2D eigenvalue weighted by Crippen LogP contribution is 2.34. The van der Waals surface area contributed by atoms with Crippen LogP contribution in [0.5, 0.6) is 11.5 Å². The lowest BCUT2D eigenvalue weighted by Gasteiger charge is -2.37. The number of rotatable bonds is 4. The maximum atomic E-state index is 12.3. The fourth-order valence-electron chi connectivity index (χ4n) is 3.97. The van der Waals surface area contributed by atoms with E-state index in [2.05, 4.69) is 9.97 Å². The van der Waals surface area contributed by atoms with Crippen molar-refractivity contribution in [3.05, 3.63) is 33.0 Å². The van der Waals surface area contributed by atoms with E-state index in [-0.39, 0.29) is 5.69 Å². The molecule has 12 nitrogen and oxygen atoms in total. The van der Waals surface area contributed by atoms with E-state index in [1.807, 2.05) is 9.80 Å². The standard InChI is InChI=1S/C20H26N8O4/c1-25-17(15(21)18(29)26(2)20(25)30)27-5-7-28(8-6-27)19-23-12-10-14(32-4)13(31-3)9-11(12)16(22)24-19/h9-10H,5-8,21H2,1-4H3,(H2,22,23,24). The highest BCUT2D eigenvalue weighted by atomic mass is 16.5. The van der Waals surface area contributed by atoms with Gasteiger partial charge in [0.25, 0.3) is 5.56 Å². The Morgan fingerprint density at radius 1 is 0.875 bits per heavy atom. The van der Waals surface area contributed by atoms with Crippen molar-refractivity contribution in [3.63, 3.8) is 0 Å². The number of nitrogens with two attached hydrogens (primary N) is 2. The van der Waals surface area contributed by atoms with Gasteiger partial charge in [0.05, 0.1) is 19.7 Å². The smallest absolute Gasteiger partial charge is 0.332 e. The Morgan fingerprint density at radius 3 is 2.09 bits per heavy atom. The number of fused-ring (bicyclic) bond motifs is 1. The van der Waals surface area contributed by atoms with Gasteiger partial charge >= 0.3 is 5.69 Å². The molecular formula is C20H26N8O4. The summed E-state index contributed by atoms with van der Waals surface area (Å²) < 4.78 is 13.1. The molecule has 0 aliphatic carbocycles. The number of benzene rings is 1. The second-order valence-corrected chi connectivity index (χ2v) is 7.55. The first-order chi connectivity index (χ1) is 15.3. The molecule has 3 aromatic rings. The van der Waals surface area contributed by atoms with Crippen LogP contribution in [-0.2, 0) is 14.1 Å². The summed E-state index contributed by atoms with van der Waals surface area (Å²) in [6, 6.07) is 3.52. The van der Waals surface area contributed by atoms with Crippen LogP contribution in [0.25, 0.3) is 10.9 Å². The molecule has 12 heteroatoms. The average Bonchev–Trinajstić information content (AvgIpc) is 2.81. The Balaban J connectivity index is 1.63. The molecule has 0 saturated carbocycles. The van der Waals surface area contributed by atoms with Crippen molar-refractivity contribution in [3.8, 4) is 11.5 Å². The lowest BCUT2D eigenvalue weighted by atomic mass is 10.2. The Bertz CT molecular complexity index is 1270. The molecular weight excluding hydrogens is 416 g/mol. The predicted molar refractivity (Wildman–Crippen MR) is 123 cm³/mol. The van der Waals surface area contributed by atoms with Crippen LogP contribution in [0, 0.1) is 0 Å². The summed E-state index contributed by atoms with van der Waals surface area (Å²) in [7, 11) is 6.13. The molecule has 3 heterocycles. The summed E-state index contributed by atoms with van der Waals surface area (Å²) in [6.45, 7) is 2.16. The van der Waals surface area contributed by atoms with Crippen LogP contribution in [0.4, 0.5) is 23.3 Å². The number of aromatic nitrogens is 4. The van der Waals surface area contributed by atoms with Gasteiger partial charge in [-0.2, -0.15) is 4.98 Å². The summed E-state index contributed by atoms with van der Waals surface area (Å²) in [5, 5.41) is 0.674. The van der Waals surface area contributed by atoms with Crippen LogP contribution >= 0.6 is 0 Å². The zero-order valence-electron chi connectivity index (χ0n) is 18.5. The van der Waals surface area contributed by atoms with Crippen LogP contribution in [0.15, 0.2) is 21.7 Å². The van der Waals surface area contributed by atoms with Gasteiger partial charge in [-0.05, 0) is 6.07 Å². The number of ether oxygens (including phenoxy) is 2. The van der Waals surface area contributed by atoms with Crippen molar-refractivity contribution in [1.82, 2.24) is 19.1 Å². The first kappa shape index (κ1) is 21.3. The summed E-state index contributed by atoms with van der Waals surface area (Å²) in [5.41, 5.74) is 12.0. The van der Waals surface area contributed by atoms with Gasteiger partial charge in [0.2, 0.25) is 5.95 Å². The van der Waals surface area contributed by atoms with Gasteiger partial charge in [0, 0.05) is 51.7 Å². The van der Waals surface area contributed by atoms with E-state index in [1.165, 1.54) is 11.6 Å². The summed E-state index contributed by atoms with van der Waals surface area (Å²) in [4.78, 5) is 37.7. The van der Waals surface area contributed by atoms with E-state index < -0.39 is 11.2 Å². The fraction of sp³-hybridized carbons (Fsp3) is 0.400. The lowest BCUT2D eigenvalue weighted by Crippen LogP contribution is -2.50. The Labute approximate surface area is 183 Å². The molecule has 0 amide bonds. The van der Waals surface area contributed by atoms with Crippen molar-refractivity contribution in [1.29, 1.82) is 0 Å². The molecule has 0 radical (unpaired) electrons. The molecule has 170 valence electrons. The van der Waals surface area contributed by atoms with Crippen LogP contribution in [-0.4, -0.2) is 59.5 Å². The molecule has 32 heavy (non-hydrogen) atoms. The molecule has 0 spiro atoms. The normalized spacial score (nSPS) is 14.1. The van der Waals surface area contributed by atoms with Crippen LogP contribution < -0.4 is 42.0 Å². The monoisotopic (exact) mass is 442 g/mol. The highest BCUT2D eigenvalue weighted by Gasteiger charge is 2.25. The molecule has 4 rings (SSSR count). The number of hydrogen-bond donors (Lipinski definition) is 2. The van der Waals surface area contributed by atoms with E-state index in [9.17, 15) is 9.59 Å². The van der Waals surface area contributed by atoms with Gasteiger partial charge in [-0.1, -0.05) is 0 Å². The van der Waals surface area contributed by atoms with Crippen LogP contribution in [0.2, 0.25) is 0 Å². The van der Waals surface area contributed by atoms with Crippen molar-refractivity contribution in [2.45, 2.75) is 0 Å². The topological polar surface area (TPSA) is 147 Å². The van der Waals surface area contributed by atoms with Crippen molar-refractivity contribution in [2.24, 2.45) is 14.1 Å². The minimum absolute atomic E-state index is 0.0512. The zero-order valence-corrected chi connectivity index (χ0v) is 18.5. The molecule has 0 unspecified atom stereocenters. The number of nitrogens with zero attached hydrogens (tertiary/aromatic N) is 6. The molecule has 1 saturated heterocycles. The van der Waals surface area contributed by atoms with Gasteiger partial charge in [-0.3, -0.25) is 13.9 Å². The van der Waals surface area contributed by atoms with Gasteiger partial charge in [-0.15, -0.1) is 0 Å². The minimum atomic E-state index is -0.499. The largest absolute Gasteiger partial charge is 0.493 e. The van der Waals surface area contributed by atoms with E-state index in [0.29, 0.717) is 66.2 Å². The van der Waals surface area contributed by atoms with E-state index in [4.69, 9.17) is 20.9 Å². The van der Waals surface area contributed by atoms with Gasteiger partial charge in [-0.25, -0.2) is 9.78 Å². The molecule has 1 aromatic carbocycles. The number of anilines is 4. The maximum Gasteiger partial charge on any atom is 0.332 e. The second-order valence-electron chi connectivity index (χ2n) is 7.55. The highest BCUT2D eigenvalue weighted by molar-refractivity contribution is 5.91. The molecule has 1 aliphatic rings. The Kier molecular flexibility index (Phi) is 5.28. The van der Waals surface area contributed by atoms with E-state index >= 15 is 0 Å². The number of nitrogen functional groups attached to an aromatic ring is 2. The number of hydrogen-bond acceptors (Lipinski definition) is 10. The van der Waals surface area contributed by atoms with Crippen molar-refractivity contribution < 1.29 is 9.47 Å². The Morgan fingerprint density at radius 2 is 1.47 bits per heavy atom. The molecule has 4 N–H and O–H groups in total. The molecule has 2 aromatic heterocycles. The SMILES string of the molecule is COc1cc2nc(N3CCN(c4c(N)c(=O)n(C)c(=O)n4C)CC3)nc(N)c2cc1OC. The minimum Gasteiger partial charge on any atom is -0.493 e. The van der Waals surface area contributed by atoms with Gasteiger partial charge in [0.15, 0.2) is 11.5 Å². The quantitative estimate of drug-likeness (QED) is 0.544. The third-order valence-corrected chi connectivity index (χ3v) is 5.75. The lowest BCUT2D eigenvalue weighted by molar-refractivity contribution is 0.356. The van der Waals surface area contributed by atoms with Gasteiger partial charge < -0.3 is 30.7 Å². The second kappa shape index (κ2) is 7.94. The number of piperazine rings is 1. The molecule has 1 aliphatic heterocycles. The zero-order chi connectivity index (χ0) is 23.2. The summed E-state index contributed by atoms with van der Waals surface area (Å²) >= 11 is 0.